The molecule has 70 valence electrons. The number of hydrogen-bond acceptors (Lipinski definition) is 3. The van der Waals surface area contributed by atoms with Gasteiger partial charge in [-0.1, -0.05) is 0 Å². The average Bonchev–Trinajstić information content (AvgIpc) is 1.96. The molecule has 1 aliphatic rings. The Kier molecular flexibility index (Phi) is 2.58. The minimum absolute atomic E-state index is 0.282. The first kappa shape index (κ1) is 9.34. The van der Waals surface area contributed by atoms with Gasteiger partial charge in [-0.25, -0.2) is 0 Å². The molecule has 6 heteroatoms. The highest BCUT2D eigenvalue weighted by Gasteiger charge is 2.39. The van der Waals surface area contributed by atoms with E-state index in [4.69, 9.17) is 10.5 Å². The van der Waals surface area contributed by atoms with Crippen LogP contribution < -0.4 is 11.1 Å². The van der Waals surface area contributed by atoms with Gasteiger partial charge in [-0.2, -0.15) is 8.78 Å². The monoisotopic (exact) mass is 180 g/mol. The highest BCUT2D eigenvalue weighted by atomic mass is 19.3. The third kappa shape index (κ3) is 1.89. The molecule has 12 heavy (non-hydrogen) atoms. The molecule has 1 aliphatic heterocycles. The number of halogens is 2. The zero-order chi connectivity index (χ0) is 9.19. The summed E-state index contributed by atoms with van der Waals surface area (Å²) in [6, 6.07) is -0.282. The molecule has 0 aromatic carbocycles. The molecule has 3 N–H and O–H groups in total. The summed E-state index contributed by atoms with van der Waals surface area (Å²) in [5.41, 5.74) is 4.70. The van der Waals surface area contributed by atoms with Gasteiger partial charge in [-0.05, 0) is 0 Å². The second-order valence-electron chi connectivity index (χ2n) is 2.62. The van der Waals surface area contributed by atoms with Crippen molar-refractivity contribution >= 4 is 5.91 Å². The maximum atomic E-state index is 12.5. The SMILES string of the molecule is NCC(F)(F)C(=O)NC1COC1. The summed E-state index contributed by atoms with van der Waals surface area (Å²) in [6.45, 7) is -0.370. The van der Waals surface area contributed by atoms with Gasteiger partial charge < -0.3 is 15.8 Å². The quantitative estimate of drug-likeness (QED) is 0.591. The summed E-state index contributed by atoms with van der Waals surface area (Å²) in [5, 5.41) is 2.11. The minimum atomic E-state index is -3.46. The fourth-order valence-corrected chi connectivity index (χ4v) is 0.703. The molecule has 0 aromatic heterocycles. The molecule has 1 heterocycles. The van der Waals surface area contributed by atoms with Gasteiger partial charge in [0.1, 0.15) is 0 Å². The predicted octanol–water partition coefficient (Wildman–Crippen LogP) is -0.905. The zero-order valence-electron chi connectivity index (χ0n) is 6.35. The van der Waals surface area contributed by atoms with Crippen molar-refractivity contribution in [2.45, 2.75) is 12.0 Å². The van der Waals surface area contributed by atoms with Crippen LogP contribution in [0.1, 0.15) is 0 Å². The fourth-order valence-electron chi connectivity index (χ4n) is 0.703. The number of amides is 1. The van der Waals surface area contributed by atoms with Gasteiger partial charge in [0.25, 0.3) is 5.91 Å². The van der Waals surface area contributed by atoms with Crippen LogP contribution in [0.3, 0.4) is 0 Å². The standard InChI is InChI=1S/C6H10F2N2O2/c7-6(8,3-9)5(11)10-4-1-12-2-4/h4H,1-3,9H2,(H,10,11). The molecular formula is C6H10F2N2O2. The van der Waals surface area contributed by atoms with Crippen LogP contribution in [0.25, 0.3) is 0 Å². The van der Waals surface area contributed by atoms with E-state index in [1.807, 2.05) is 0 Å². The minimum Gasteiger partial charge on any atom is -0.377 e. The van der Waals surface area contributed by atoms with Crippen LogP contribution in [0.15, 0.2) is 0 Å². The van der Waals surface area contributed by atoms with E-state index in [9.17, 15) is 13.6 Å². The molecule has 1 rings (SSSR count). The van der Waals surface area contributed by atoms with Crippen molar-refractivity contribution < 1.29 is 18.3 Å². The lowest BCUT2D eigenvalue weighted by atomic mass is 10.2. The van der Waals surface area contributed by atoms with Crippen molar-refractivity contribution in [3.8, 4) is 0 Å². The molecule has 0 unspecified atom stereocenters. The predicted molar refractivity (Wildman–Crippen MR) is 36.8 cm³/mol. The second-order valence-corrected chi connectivity index (χ2v) is 2.62. The Balaban J connectivity index is 2.35. The Morgan fingerprint density at radius 3 is 2.58 bits per heavy atom. The smallest absolute Gasteiger partial charge is 0.336 e. The van der Waals surface area contributed by atoms with E-state index < -0.39 is 18.4 Å². The third-order valence-corrected chi connectivity index (χ3v) is 1.56. The first-order valence-corrected chi connectivity index (χ1v) is 3.53. The van der Waals surface area contributed by atoms with Gasteiger partial charge in [0.2, 0.25) is 0 Å². The molecule has 1 fully saturated rings. The number of carbonyl (C=O) groups excluding carboxylic acids is 1. The number of rotatable bonds is 3. The Bertz CT molecular complexity index is 182. The van der Waals surface area contributed by atoms with Crippen molar-refractivity contribution in [3.63, 3.8) is 0 Å². The van der Waals surface area contributed by atoms with E-state index in [-0.39, 0.29) is 6.04 Å². The number of nitrogens with one attached hydrogen (secondary N) is 1. The first-order valence-electron chi connectivity index (χ1n) is 3.53. The van der Waals surface area contributed by atoms with Gasteiger partial charge in [-0.15, -0.1) is 0 Å². The van der Waals surface area contributed by atoms with E-state index >= 15 is 0 Å². The van der Waals surface area contributed by atoms with Crippen molar-refractivity contribution in [2.75, 3.05) is 19.8 Å². The Morgan fingerprint density at radius 2 is 2.25 bits per heavy atom. The molecule has 1 saturated heterocycles. The maximum absolute atomic E-state index is 12.5. The first-order chi connectivity index (χ1) is 5.56. The Labute approximate surface area is 68.1 Å². The maximum Gasteiger partial charge on any atom is 0.336 e. The van der Waals surface area contributed by atoms with E-state index in [0.717, 1.165) is 0 Å². The average molecular weight is 180 g/mol. The fraction of sp³-hybridized carbons (Fsp3) is 0.833. The van der Waals surface area contributed by atoms with E-state index in [0.29, 0.717) is 13.2 Å². The third-order valence-electron chi connectivity index (χ3n) is 1.56. The molecule has 0 aromatic rings. The Hall–Kier alpha value is -0.750. The normalized spacial score (nSPS) is 18.6. The summed E-state index contributed by atoms with van der Waals surface area (Å²) in [6.07, 6.45) is 0. The Morgan fingerprint density at radius 1 is 1.67 bits per heavy atom. The van der Waals surface area contributed by atoms with Crippen LogP contribution in [-0.2, 0) is 9.53 Å². The molecule has 0 radical (unpaired) electrons. The van der Waals surface area contributed by atoms with Crippen molar-refractivity contribution in [2.24, 2.45) is 5.73 Å². The zero-order valence-corrected chi connectivity index (χ0v) is 6.35. The number of carbonyl (C=O) groups is 1. The molecule has 0 spiro atoms. The van der Waals surface area contributed by atoms with Crippen LogP contribution in [-0.4, -0.2) is 37.6 Å². The number of ether oxygens (including phenoxy) is 1. The van der Waals surface area contributed by atoms with E-state index in [1.165, 1.54) is 0 Å². The molecule has 0 atom stereocenters. The van der Waals surface area contributed by atoms with Crippen LogP contribution in [0.2, 0.25) is 0 Å². The van der Waals surface area contributed by atoms with Gasteiger partial charge >= 0.3 is 5.92 Å². The topological polar surface area (TPSA) is 64.4 Å². The van der Waals surface area contributed by atoms with Crippen molar-refractivity contribution in [1.29, 1.82) is 0 Å². The lowest BCUT2D eigenvalue weighted by molar-refractivity contribution is -0.148. The van der Waals surface area contributed by atoms with Gasteiger partial charge in [-0.3, -0.25) is 4.79 Å². The van der Waals surface area contributed by atoms with Crippen molar-refractivity contribution in [3.05, 3.63) is 0 Å². The van der Waals surface area contributed by atoms with Gasteiger partial charge in [0.15, 0.2) is 0 Å². The lowest BCUT2D eigenvalue weighted by Gasteiger charge is -2.28. The highest BCUT2D eigenvalue weighted by Crippen LogP contribution is 2.12. The number of alkyl halides is 2. The summed E-state index contributed by atoms with van der Waals surface area (Å²) >= 11 is 0. The molecule has 1 amide bonds. The molecule has 0 bridgehead atoms. The van der Waals surface area contributed by atoms with Crippen LogP contribution >= 0.6 is 0 Å². The molecule has 0 aliphatic carbocycles. The van der Waals surface area contributed by atoms with Gasteiger partial charge in [0.05, 0.1) is 25.8 Å². The van der Waals surface area contributed by atoms with Crippen LogP contribution in [0.4, 0.5) is 8.78 Å². The summed E-state index contributed by atoms with van der Waals surface area (Å²) in [5.74, 6) is -4.78. The number of nitrogens with two attached hydrogens (primary N) is 1. The molecule has 0 saturated carbocycles. The summed E-state index contributed by atoms with van der Waals surface area (Å²) < 4.78 is 29.7. The second kappa shape index (κ2) is 3.32. The number of hydrogen-bond donors (Lipinski definition) is 2. The van der Waals surface area contributed by atoms with Crippen molar-refractivity contribution in [1.82, 2.24) is 5.32 Å². The molecular weight excluding hydrogens is 170 g/mol. The highest BCUT2D eigenvalue weighted by molar-refractivity contribution is 5.83. The molecule has 4 nitrogen and oxygen atoms in total. The van der Waals surface area contributed by atoms with Crippen LogP contribution in [0, 0.1) is 0 Å². The van der Waals surface area contributed by atoms with Crippen LogP contribution in [0.5, 0.6) is 0 Å². The van der Waals surface area contributed by atoms with E-state index in [2.05, 4.69) is 5.32 Å². The van der Waals surface area contributed by atoms with E-state index in [1.54, 1.807) is 0 Å². The van der Waals surface area contributed by atoms with Gasteiger partial charge in [0, 0.05) is 0 Å². The summed E-state index contributed by atoms with van der Waals surface area (Å²) in [7, 11) is 0. The summed E-state index contributed by atoms with van der Waals surface area (Å²) in [4.78, 5) is 10.7. The largest absolute Gasteiger partial charge is 0.377 e. The lowest BCUT2D eigenvalue weighted by Crippen LogP contribution is -2.55.